The molecule has 1 aromatic rings. The second-order valence-electron chi connectivity index (χ2n) is 4.14. The number of hydrogen-bond donors (Lipinski definition) is 1. The van der Waals surface area contributed by atoms with E-state index in [1.807, 2.05) is 10.9 Å². The second-order valence-corrected chi connectivity index (χ2v) is 4.14. The van der Waals surface area contributed by atoms with Crippen molar-refractivity contribution >= 4 is 12.4 Å². The summed E-state index contributed by atoms with van der Waals surface area (Å²) in [4.78, 5) is 2.48. The van der Waals surface area contributed by atoms with Crippen LogP contribution in [0.4, 0.5) is 0 Å². The standard InChI is InChI=1S/C11H20N4.ClH/c1-2-5-15-10-11(8-13-15)9-14-6-3-12-4-7-14;/h8,10,12H,2-7,9H2,1H3;1H. The predicted octanol–water partition coefficient (Wildman–Crippen LogP) is 1.12. The van der Waals surface area contributed by atoms with Crippen LogP contribution in [0.1, 0.15) is 18.9 Å². The van der Waals surface area contributed by atoms with Gasteiger partial charge >= 0.3 is 0 Å². The van der Waals surface area contributed by atoms with Crippen LogP contribution in [0.15, 0.2) is 12.4 Å². The minimum atomic E-state index is 0. The molecular formula is C11H21ClN4. The van der Waals surface area contributed by atoms with Crippen LogP contribution in [0.25, 0.3) is 0 Å². The molecule has 1 aliphatic heterocycles. The first kappa shape index (κ1) is 13.5. The fraction of sp³-hybridized carbons (Fsp3) is 0.727. The van der Waals surface area contributed by atoms with E-state index in [-0.39, 0.29) is 12.4 Å². The summed E-state index contributed by atoms with van der Waals surface area (Å²) >= 11 is 0. The highest BCUT2D eigenvalue weighted by atomic mass is 35.5. The number of aromatic nitrogens is 2. The topological polar surface area (TPSA) is 33.1 Å². The summed E-state index contributed by atoms with van der Waals surface area (Å²) in [5.74, 6) is 0. The van der Waals surface area contributed by atoms with Gasteiger partial charge in [-0.25, -0.2) is 0 Å². The Kier molecular flexibility index (Phi) is 5.80. The third-order valence-corrected chi connectivity index (χ3v) is 2.76. The molecule has 5 heteroatoms. The quantitative estimate of drug-likeness (QED) is 0.862. The lowest BCUT2D eigenvalue weighted by Gasteiger charge is -2.26. The van der Waals surface area contributed by atoms with Crippen LogP contribution in [0, 0.1) is 0 Å². The number of rotatable bonds is 4. The Morgan fingerprint density at radius 1 is 1.38 bits per heavy atom. The molecule has 0 radical (unpaired) electrons. The van der Waals surface area contributed by atoms with Crippen molar-refractivity contribution in [1.82, 2.24) is 20.0 Å². The molecule has 0 unspecified atom stereocenters. The number of halogens is 1. The first-order valence-electron chi connectivity index (χ1n) is 5.83. The summed E-state index contributed by atoms with van der Waals surface area (Å²) in [6, 6.07) is 0. The summed E-state index contributed by atoms with van der Waals surface area (Å²) in [6.45, 7) is 8.79. The Morgan fingerprint density at radius 3 is 2.81 bits per heavy atom. The maximum Gasteiger partial charge on any atom is 0.0534 e. The summed E-state index contributed by atoms with van der Waals surface area (Å²) in [7, 11) is 0. The van der Waals surface area contributed by atoms with E-state index in [1.165, 1.54) is 5.56 Å². The normalized spacial score (nSPS) is 17.1. The zero-order valence-electron chi connectivity index (χ0n) is 9.85. The van der Waals surface area contributed by atoms with E-state index >= 15 is 0 Å². The van der Waals surface area contributed by atoms with Gasteiger partial charge in [0.1, 0.15) is 0 Å². The maximum absolute atomic E-state index is 4.35. The summed E-state index contributed by atoms with van der Waals surface area (Å²) in [5, 5.41) is 7.71. The van der Waals surface area contributed by atoms with Gasteiger partial charge in [-0.1, -0.05) is 6.92 Å². The molecule has 1 fully saturated rings. The lowest BCUT2D eigenvalue weighted by atomic mass is 10.3. The van der Waals surface area contributed by atoms with Crippen LogP contribution < -0.4 is 5.32 Å². The second kappa shape index (κ2) is 6.89. The summed E-state index contributed by atoms with van der Waals surface area (Å²) < 4.78 is 2.04. The number of piperazine rings is 1. The van der Waals surface area contributed by atoms with Gasteiger partial charge in [0, 0.05) is 51.0 Å². The zero-order chi connectivity index (χ0) is 10.5. The minimum Gasteiger partial charge on any atom is -0.314 e. The SMILES string of the molecule is CCCn1cc(CN2CCNCC2)cn1.Cl. The van der Waals surface area contributed by atoms with Crippen molar-refractivity contribution in [2.75, 3.05) is 26.2 Å². The number of hydrogen-bond acceptors (Lipinski definition) is 3. The zero-order valence-corrected chi connectivity index (χ0v) is 10.7. The molecule has 92 valence electrons. The molecule has 0 amide bonds. The number of nitrogens with zero attached hydrogens (tertiary/aromatic N) is 3. The monoisotopic (exact) mass is 244 g/mol. The lowest BCUT2D eigenvalue weighted by Crippen LogP contribution is -2.42. The highest BCUT2D eigenvalue weighted by Crippen LogP contribution is 2.04. The molecule has 2 rings (SSSR count). The smallest absolute Gasteiger partial charge is 0.0534 e. The summed E-state index contributed by atoms with van der Waals surface area (Å²) in [6.07, 6.45) is 5.32. The van der Waals surface area contributed by atoms with Crippen molar-refractivity contribution in [3.8, 4) is 0 Å². The average molecular weight is 245 g/mol. The largest absolute Gasteiger partial charge is 0.314 e. The highest BCUT2D eigenvalue weighted by molar-refractivity contribution is 5.85. The van der Waals surface area contributed by atoms with Crippen LogP contribution in [-0.2, 0) is 13.1 Å². The molecule has 2 heterocycles. The van der Waals surface area contributed by atoms with E-state index in [1.54, 1.807) is 0 Å². The van der Waals surface area contributed by atoms with Gasteiger partial charge < -0.3 is 5.32 Å². The average Bonchev–Trinajstić information content (AvgIpc) is 2.68. The highest BCUT2D eigenvalue weighted by Gasteiger charge is 2.10. The van der Waals surface area contributed by atoms with Crippen LogP contribution in [-0.4, -0.2) is 40.9 Å². The number of nitrogens with one attached hydrogen (secondary N) is 1. The lowest BCUT2D eigenvalue weighted by molar-refractivity contribution is 0.233. The first-order chi connectivity index (χ1) is 7.38. The molecule has 0 aliphatic carbocycles. The summed E-state index contributed by atoms with van der Waals surface area (Å²) in [5.41, 5.74) is 1.34. The Morgan fingerprint density at radius 2 is 2.12 bits per heavy atom. The van der Waals surface area contributed by atoms with Crippen LogP contribution >= 0.6 is 12.4 Å². The molecule has 4 nitrogen and oxygen atoms in total. The van der Waals surface area contributed by atoms with Crippen molar-refractivity contribution in [3.05, 3.63) is 18.0 Å². The maximum atomic E-state index is 4.35. The van der Waals surface area contributed by atoms with E-state index in [2.05, 4.69) is 28.4 Å². The molecule has 1 N–H and O–H groups in total. The molecule has 1 saturated heterocycles. The Labute approximate surface area is 103 Å². The van der Waals surface area contributed by atoms with Crippen LogP contribution in [0.3, 0.4) is 0 Å². The van der Waals surface area contributed by atoms with Crippen LogP contribution in [0.2, 0.25) is 0 Å². The fourth-order valence-corrected chi connectivity index (χ4v) is 1.97. The molecule has 0 atom stereocenters. The molecule has 0 bridgehead atoms. The van der Waals surface area contributed by atoms with Gasteiger partial charge in [-0.3, -0.25) is 9.58 Å². The van der Waals surface area contributed by atoms with Crippen molar-refractivity contribution in [2.24, 2.45) is 0 Å². The van der Waals surface area contributed by atoms with Gasteiger partial charge in [-0.05, 0) is 6.42 Å². The van der Waals surface area contributed by atoms with Crippen molar-refractivity contribution in [1.29, 1.82) is 0 Å². The molecule has 0 aromatic carbocycles. The van der Waals surface area contributed by atoms with Gasteiger partial charge in [-0.15, -0.1) is 12.4 Å². The Balaban J connectivity index is 0.00000128. The first-order valence-corrected chi connectivity index (χ1v) is 5.83. The van der Waals surface area contributed by atoms with E-state index in [9.17, 15) is 0 Å². The van der Waals surface area contributed by atoms with Crippen LogP contribution in [0.5, 0.6) is 0 Å². The third kappa shape index (κ3) is 3.77. The van der Waals surface area contributed by atoms with E-state index < -0.39 is 0 Å². The van der Waals surface area contributed by atoms with Gasteiger partial charge in [-0.2, -0.15) is 5.10 Å². The van der Waals surface area contributed by atoms with E-state index in [0.717, 1.165) is 45.7 Å². The van der Waals surface area contributed by atoms with E-state index in [4.69, 9.17) is 0 Å². The minimum absolute atomic E-state index is 0. The molecular weight excluding hydrogens is 224 g/mol. The van der Waals surface area contributed by atoms with E-state index in [0.29, 0.717) is 0 Å². The van der Waals surface area contributed by atoms with Gasteiger partial charge in [0.2, 0.25) is 0 Å². The van der Waals surface area contributed by atoms with Crippen molar-refractivity contribution in [2.45, 2.75) is 26.4 Å². The van der Waals surface area contributed by atoms with Crippen molar-refractivity contribution in [3.63, 3.8) is 0 Å². The van der Waals surface area contributed by atoms with Gasteiger partial charge in [0.05, 0.1) is 6.20 Å². The molecule has 0 saturated carbocycles. The van der Waals surface area contributed by atoms with Gasteiger partial charge in [0.15, 0.2) is 0 Å². The molecule has 1 aromatic heterocycles. The van der Waals surface area contributed by atoms with Gasteiger partial charge in [0.25, 0.3) is 0 Å². The Bertz CT molecular complexity index is 294. The molecule has 0 spiro atoms. The third-order valence-electron chi connectivity index (χ3n) is 2.76. The van der Waals surface area contributed by atoms with Crippen molar-refractivity contribution < 1.29 is 0 Å². The number of aryl methyl sites for hydroxylation is 1. The molecule has 1 aliphatic rings. The predicted molar refractivity (Wildman–Crippen MR) is 67.9 cm³/mol. The fourth-order valence-electron chi connectivity index (χ4n) is 1.97. The molecule has 16 heavy (non-hydrogen) atoms. The Hall–Kier alpha value is -0.580.